The minimum atomic E-state index is -0.369. The molecule has 2 rings (SSSR count). The van der Waals surface area contributed by atoms with E-state index < -0.39 is 0 Å². The zero-order valence-corrected chi connectivity index (χ0v) is 13.1. The Balaban J connectivity index is 1.94. The molecule has 1 fully saturated rings. The lowest BCUT2D eigenvalue weighted by atomic mass is 9.99. The van der Waals surface area contributed by atoms with Crippen LogP contribution in [0.15, 0.2) is 11.6 Å². The summed E-state index contributed by atoms with van der Waals surface area (Å²) < 4.78 is 0. The van der Waals surface area contributed by atoms with Crippen molar-refractivity contribution in [2.24, 2.45) is 11.7 Å². The lowest BCUT2D eigenvalue weighted by Crippen LogP contribution is -2.48. The molecular weight excluding hydrogens is 272 g/mol. The van der Waals surface area contributed by atoms with Crippen LogP contribution >= 0.6 is 11.3 Å². The van der Waals surface area contributed by atoms with Crippen LogP contribution < -0.4 is 10.6 Å². The maximum Gasteiger partial charge on any atom is 0.239 e. The molecule has 5 nitrogen and oxygen atoms in total. The summed E-state index contributed by atoms with van der Waals surface area (Å²) in [5.41, 5.74) is 6.07. The molecule has 0 saturated carbocycles. The molecule has 0 aromatic carbocycles. The van der Waals surface area contributed by atoms with Crippen molar-refractivity contribution in [3.8, 4) is 0 Å². The molecule has 2 heterocycles. The van der Waals surface area contributed by atoms with Gasteiger partial charge in [0.1, 0.15) is 0 Å². The molecule has 0 radical (unpaired) electrons. The van der Waals surface area contributed by atoms with Crippen LogP contribution in [-0.2, 0) is 4.79 Å². The Morgan fingerprint density at radius 3 is 2.90 bits per heavy atom. The molecule has 1 aromatic heterocycles. The smallest absolute Gasteiger partial charge is 0.239 e. The van der Waals surface area contributed by atoms with Crippen LogP contribution in [-0.4, -0.2) is 48.0 Å². The van der Waals surface area contributed by atoms with Crippen molar-refractivity contribution in [1.82, 2.24) is 9.88 Å². The lowest BCUT2D eigenvalue weighted by Gasteiger charge is -2.27. The Kier molecular flexibility index (Phi) is 5.37. The van der Waals surface area contributed by atoms with E-state index in [1.54, 1.807) is 11.3 Å². The highest BCUT2D eigenvalue weighted by atomic mass is 32.1. The van der Waals surface area contributed by atoms with Gasteiger partial charge in [0.15, 0.2) is 5.13 Å². The molecule has 1 saturated heterocycles. The second kappa shape index (κ2) is 7.04. The second-order valence-electron chi connectivity index (χ2n) is 5.39. The molecule has 6 heteroatoms. The number of nitrogens with zero attached hydrogens (tertiary/aromatic N) is 3. The van der Waals surface area contributed by atoms with E-state index in [-0.39, 0.29) is 17.9 Å². The van der Waals surface area contributed by atoms with Gasteiger partial charge in [0.25, 0.3) is 0 Å². The fourth-order valence-corrected chi connectivity index (χ4v) is 3.11. The van der Waals surface area contributed by atoms with E-state index in [2.05, 4.69) is 16.8 Å². The number of amides is 1. The summed E-state index contributed by atoms with van der Waals surface area (Å²) in [6, 6.07) is -0.369. The number of carbonyl (C=O) groups excluding carboxylic acids is 1. The molecule has 20 heavy (non-hydrogen) atoms. The van der Waals surface area contributed by atoms with Gasteiger partial charge in [-0.1, -0.05) is 20.3 Å². The quantitative estimate of drug-likeness (QED) is 0.916. The maximum atomic E-state index is 12.4. The monoisotopic (exact) mass is 296 g/mol. The van der Waals surface area contributed by atoms with Gasteiger partial charge in [-0.25, -0.2) is 4.98 Å². The summed E-state index contributed by atoms with van der Waals surface area (Å²) in [5.74, 6) is 0.334. The standard InChI is InChI=1S/C14H24N4OS/c1-3-11(2)12(15)13(19)17-6-4-7-18(9-8-17)14-16-5-10-20-14/h5,10-12H,3-4,6-9,15H2,1-2H3. The van der Waals surface area contributed by atoms with Gasteiger partial charge in [-0.3, -0.25) is 4.79 Å². The first-order valence-electron chi connectivity index (χ1n) is 7.32. The number of carbonyl (C=O) groups is 1. The third-order valence-corrected chi connectivity index (χ3v) is 4.87. The Morgan fingerprint density at radius 2 is 2.25 bits per heavy atom. The van der Waals surface area contributed by atoms with Crippen LogP contribution in [0, 0.1) is 5.92 Å². The summed E-state index contributed by atoms with van der Waals surface area (Å²) in [4.78, 5) is 20.9. The van der Waals surface area contributed by atoms with Gasteiger partial charge in [0.05, 0.1) is 6.04 Å². The van der Waals surface area contributed by atoms with Crippen molar-refractivity contribution in [1.29, 1.82) is 0 Å². The molecule has 112 valence electrons. The normalized spacial score (nSPS) is 19.6. The van der Waals surface area contributed by atoms with Crippen LogP contribution in [0.25, 0.3) is 0 Å². The van der Waals surface area contributed by atoms with Crippen LogP contribution in [0.3, 0.4) is 0 Å². The van der Waals surface area contributed by atoms with Gasteiger partial charge in [-0.2, -0.15) is 0 Å². The zero-order chi connectivity index (χ0) is 14.5. The minimum Gasteiger partial charge on any atom is -0.346 e. The molecule has 1 aromatic rings. The number of thiazole rings is 1. The number of rotatable bonds is 4. The zero-order valence-electron chi connectivity index (χ0n) is 12.3. The molecule has 0 spiro atoms. The highest BCUT2D eigenvalue weighted by molar-refractivity contribution is 7.13. The number of nitrogens with two attached hydrogens (primary N) is 1. The van der Waals surface area contributed by atoms with E-state index in [0.29, 0.717) is 0 Å². The Labute approximate surface area is 124 Å². The van der Waals surface area contributed by atoms with Gasteiger partial charge >= 0.3 is 0 Å². The van der Waals surface area contributed by atoms with Crippen molar-refractivity contribution < 1.29 is 4.79 Å². The SMILES string of the molecule is CCC(C)C(N)C(=O)N1CCCN(c2nccs2)CC1. The Bertz CT molecular complexity index is 423. The van der Waals surface area contributed by atoms with Gasteiger partial charge in [0.2, 0.25) is 5.91 Å². The van der Waals surface area contributed by atoms with Crippen molar-refractivity contribution in [3.63, 3.8) is 0 Å². The third kappa shape index (κ3) is 3.49. The van der Waals surface area contributed by atoms with E-state index in [1.807, 2.05) is 23.4 Å². The van der Waals surface area contributed by atoms with Crippen molar-refractivity contribution in [2.45, 2.75) is 32.7 Å². The van der Waals surface area contributed by atoms with Crippen molar-refractivity contribution in [3.05, 3.63) is 11.6 Å². The highest BCUT2D eigenvalue weighted by Gasteiger charge is 2.26. The topological polar surface area (TPSA) is 62.5 Å². The Hall–Kier alpha value is -1.14. The van der Waals surface area contributed by atoms with E-state index in [1.165, 1.54) is 0 Å². The van der Waals surface area contributed by atoms with Crippen molar-refractivity contribution >= 4 is 22.4 Å². The fraction of sp³-hybridized carbons (Fsp3) is 0.714. The number of hydrogen-bond donors (Lipinski definition) is 1. The van der Waals surface area contributed by atoms with Crippen LogP contribution in [0.2, 0.25) is 0 Å². The molecule has 2 atom stereocenters. The largest absolute Gasteiger partial charge is 0.346 e. The maximum absolute atomic E-state index is 12.4. The average molecular weight is 296 g/mol. The van der Waals surface area contributed by atoms with E-state index in [4.69, 9.17) is 5.73 Å². The van der Waals surface area contributed by atoms with Crippen LogP contribution in [0.4, 0.5) is 5.13 Å². The Morgan fingerprint density at radius 1 is 1.45 bits per heavy atom. The van der Waals surface area contributed by atoms with E-state index in [0.717, 1.165) is 44.2 Å². The highest BCUT2D eigenvalue weighted by Crippen LogP contribution is 2.19. The second-order valence-corrected chi connectivity index (χ2v) is 6.26. The van der Waals surface area contributed by atoms with Gasteiger partial charge in [-0.15, -0.1) is 11.3 Å². The van der Waals surface area contributed by atoms with Crippen LogP contribution in [0.5, 0.6) is 0 Å². The molecule has 2 unspecified atom stereocenters. The summed E-state index contributed by atoms with van der Waals surface area (Å²) in [5, 5.41) is 3.03. The summed E-state index contributed by atoms with van der Waals surface area (Å²) in [6.07, 6.45) is 3.73. The number of aromatic nitrogens is 1. The molecule has 0 bridgehead atoms. The first kappa shape index (κ1) is 15.3. The van der Waals surface area contributed by atoms with Gasteiger partial charge in [0, 0.05) is 37.8 Å². The molecule has 1 aliphatic heterocycles. The molecular formula is C14H24N4OS. The molecule has 1 aliphatic rings. The van der Waals surface area contributed by atoms with Gasteiger partial charge in [-0.05, 0) is 12.3 Å². The minimum absolute atomic E-state index is 0.0975. The van der Waals surface area contributed by atoms with Crippen LogP contribution in [0.1, 0.15) is 26.7 Å². The predicted molar refractivity (Wildman–Crippen MR) is 83.0 cm³/mol. The van der Waals surface area contributed by atoms with Gasteiger partial charge < -0.3 is 15.5 Å². The molecule has 2 N–H and O–H groups in total. The third-order valence-electron chi connectivity index (χ3n) is 4.04. The molecule has 0 aliphatic carbocycles. The average Bonchev–Trinajstić information content (AvgIpc) is 2.89. The summed E-state index contributed by atoms with van der Waals surface area (Å²) in [6.45, 7) is 7.45. The number of anilines is 1. The fourth-order valence-electron chi connectivity index (χ4n) is 2.41. The molecule has 1 amide bonds. The summed E-state index contributed by atoms with van der Waals surface area (Å²) in [7, 11) is 0. The first-order valence-corrected chi connectivity index (χ1v) is 8.20. The van der Waals surface area contributed by atoms with E-state index in [9.17, 15) is 4.79 Å². The van der Waals surface area contributed by atoms with E-state index >= 15 is 0 Å². The first-order chi connectivity index (χ1) is 9.63. The lowest BCUT2D eigenvalue weighted by molar-refractivity contribution is -0.133. The van der Waals surface area contributed by atoms with Crippen molar-refractivity contribution in [2.75, 3.05) is 31.1 Å². The summed E-state index contributed by atoms with van der Waals surface area (Å²) >= 11 is 1.65. The number of hydrogen-bond acceptors (Lipinski definition) is 5. The predicted octanol–water partition coefficient (Wildman–Crippen LogP) is 1.56.